The summed E-state index contributed by atoms with van der Waals surface area (Å²) in [5, 5.41) is 58.4. The van der Waals surface area contributed by atoms with E-state index in [9.17, 15) is 49.5 Å². The second-order valence-corrected chi connectivity index (χ2v) is 18.8. The quantitative estimate of drug-likeness (QED) is 0.0365. The molecule has 3 fully saturated rings. The van der Waals surface area contributed by atoms with E-state index >= 15 is 0 Å². The maximum Gasteiger partial charge on any atom is 0.253 e. The van der Waals surface area contributed by atoms with Crippen molar-refractivity contribution in [3.63, 3.8) is 0 Å². The van der Waals surface area contributed by atoms with Crippen LogP contribution in [0.1, 0.15) is 68.8 Å². The van der Waals surface area contributed by atoms with Gasteiger partial charge in [0.25, 0.3) is 11.8 Å². The van der Waals surface area contributed by atoms with Crippen LogP contribution in [-0.4, -0.2) is 191 Å². The summed E-state index contributed by atoms with van der Waals surface area (Å²) < 4.78 is 53.7. The van der Waals surface area contributed by atoms with Gasteiger partial charge in [-0.1, -0.05) is 12.1 Å². The number of aromatic hydroxyl groups is 4. The van der Waals surface area contributed by atoms with Crippen LogP contribution in [0.5, 0.6) is 29.0 Å². The third kappa shape index (κ3) is 9.56. The Bertz CT molecular complexity index is 2600. The molecule has 23 heteroatoms. The van der Waals surface area contributed by atoms with Crippen LogP contribution in [-0.2, 0) is 65.2 Å². The Kier molecular flexibility index (Phi) is 14.9. The van der Waals surface area contributed by atoms with E-state index in [1.807, 2.05) is 6.92 Å². The van der Waals surface area contributed by atoms with Gasteiger partial charge in [0.15, 0.2) is 36.3 Å². The molecule has 3 aromatic rings. The number of ether oxygens (including phenoxy) is 9. The molecule has 0 unspecified atom stereocenters. The first-order valence-electron chi connectivity index (χ1n) is 23.2. The number of morpholine rings is 1. The zero-order valence-corrected chi connectivity index (χ0v) is 39.9. The number of carbonyl (C=O) groups is 5. The second kappa shape index (κ2) is 21.0. The number of rotatable bonds is 20. The third-order valence-electron chi connectivity index (χ3n) is 13.6. The normalized spacial score (nSPS) is 26.9. The minimum absolute atomic E-state index is 0.0259. The summed E-state index contributed by atoms with van der Waals surface area (Å²) in [6, 6.07) is 5.42. The number of Topliss-reactive ketones (excluding diaryl/α,β-unsaturated/α-hetero) is 1. The molecule has 1 aromatic heterocycles. The van der Waals surface area contributed by atoms with Crippen LogP contribution in [0.3, 0.4) is 0 Å². The number of benzene rings is 2. The number of imide groups is 1. The highest BCUT2D eigenvalue weighted by Gasteiger charge is 2.55. The Morgan fingerprint density at radius 3 is 2.27 bits per heavy atom. The van der Waals surface area contributed by atoms with E-state index in [1.54, 1.807) is 0 Å². The number of carbonyl (C=O) groups excluding carboxylic acids is 5. The smallest absolute Gasteiger partial charge is 0.253 e. The zero-order valence-electron chi connectivity index (χ0n) is 39.1. The van der Waals surface area contributed by atoms with Crippen LogP contribution < -0.4 is 4.74 Å². The predicted molar refractivity (Wildman–Crippen MR) is 243 cm³/mol. The van der Waals surface area contributed by atoms with Crippen molar-refractivity contribution in [3.8, 4) is 29.0 Å². The van der Waals surface area contributed by atoms with Crippen LogP contribution in [0.25, 0.3) is 0 Å². The number of hydrogen-bond acceptors (Lipinski definition) is 21. The lowest BCUT2D eigenvalue weighted by Crippen LogP contribution is -2.55. The van der Waals surface area contributed by atoms with E-state index in [0.29, 0.717) is 13.2 Å². The number of phenolic OH excluding ortho intramolecular Hbond substituents is 2. The highest BCUT2D eigenvalue weighted by Crippen LogP contribution is 2.53. The van der Waals surface area contributed by atoms with Crippen molar-refractivity contribution >= 4 is 40.9 Å². The van der Waals surface area contributed by atoms with E-state index in [-0.39, 0.29) is 122 Å². The summed E-state index contributed by atoms with van der Waals surface area (Å²) in [6.45, 7) is 3.99. The largest absolute Gasteiger partial charge is 0.507 e. The fourth-order valence-electron chi connectivity index (χ4n) is 10.2. The molecule has 8 atom stereocenters. The van der Waals surface area contributed by atoms with Gasteiger partial charge in [0, 0.05) is 73.9 Å². The summed E-state index contributed by atoms with van der Waals surface area (Å²) in [5.74, 6) is -5.52. The summed E-state index contributed by atoms with van der Waals surface area (Å²) in [6.07, 6.45) is -2.94. The first kappa shape index (κ1) is 50.5. The van der Waals surface area contributed by atoms with Gasteiger partial charge in [-0.25, -0.2) is 0 Å². The minimum Gasteiger partial charge on any atom is -0.507 e. The number of methoxy groups -OCH3 is 2. The summed E-state index contributed by atoms with van der Waals surface area (Å²) in [4.78, 5) is 69.2. The van der Waals surface area contributed by atoms with E-state index in [0.717, 1.165) is 16.7 Å². The van der Waals surface area contributed by atoms with Crippen LogP contribution in [0.2, 0.25) is 0 Å². The average Bonchev–Trinajstić information content (AvgIpc) is 3.99. The molecular weight excluding hydrogens is 955 g/mol. The monoisotopic (exact) mass is 1010 g/mol. The summed E-state index contributed by atoms with van der Waals surface area (Å²) in [7, 11) is 2.86. The van der Waals surface area contributed by atoms with Gasteiger partial charge in [0.05, 0.1) is 106 Å². The molecule has 0 spiro atoms. The Labute approximate surface area is 410 Å². The summed E-state index contributed by atoms with van der Waals surface area (Å²) in [5.41, 5.74) is -3.73. The lowest BCUT2D eigenvalue weighted by molar-refractivity contribution is -0.256. The SMILES string of the molecule is COc1cccc2c1C(=O)c1c(O)c3c(c(O)c1C2=O)C[C@@](O)(C(=O)CSc1cc(O)n(CCOCCOCCOCCN2C(=O)C=CC2=O)c1O)C[C@@H]3O[C@H]1C[C@H]2[C@H](O[C@@H]3[C@@H](OC)OCCN32)[C@H](C)O1. The fourth-order valence-corrected chi connectivity index (χ4v) is 11.1. The van der Waals surface area contributed by atoms with Crippen molar-refractivity contribution in [3.05, 3.63) is 69.8 Å². The topological polar surface area (TPSA) is 281 Å². The van der Waals surface area contributed by atoms with Gasteiger partial charge in [-0.3, -0.25) is 38.3 Å². The molecule has 2 aliphatic carbocycles. The second-order valence-electron chi connectivity index (χ2n) is 17.7. The summed E-state index contributed by atoms with van der Waals surface area (Å²) >= 11 is 0.836. The number of amides is 2. The van der Waals surface area contributed by atoms with Crippen molar-refractivity contribution in [2.45, 2.75) is 86.4 Å². The number of phenols is 2. The van der Waals surface area contributed by atoms with Gasteiger partial charge >= 0.3 is 0 Å². The van der Waals surface area contributed by atoms with Gasteiger partial charge in [0.1, 0.15) is 29.0 Å². The Morgan fingerprint density at radius 1 is 0.873 bits per heavy atom. The van der Waals surface area contributed by atoms with E-state index < -0.39 is 101 Å². The molecule has 382 valence electrons. The molecule has 9 rings (SSSR count). The first-order chi connectivity index (χ1) is 34.1. The molecule has 2 aromatic carbocycles. The predicted octanol–water partition coefficient (Wildman–Crippen LogP) is 1.70. The maximum absolute atomic E-state index is 14.3. The maximum atomic E-state index is 14.3. The van der Waals surface area contributed by atoms with E-state index in [2.05, 4.69) is 4.90 Å². The van der Waals surface area contributed by atoms with Gasteiger partial charge in [-0.05, 0) is 13.0 Å². The first-order valence-corrected chi connectivity index (χ1v) is 24.1. The minimum atomic E-state index is -2.31. The van der Waals surface area contributed by atoms with Crippen LogP contribution in [0, 0.1) is 0 Å². The van der Waals surface area contributed by atoms with Crippen LogP contribution in [0.15, 0.2) is 41.3 Å². The van der Waals surface area contributed by atoms with Crippen LogP contribution in [0.4, 0.5) is 0 Å². The molecule has 22 nitrogen and oxygen atoms in total. The number of nitrogens with zero attached hydrogens (tertiary/aromatic N) is 3. The Hall–Kier alpha value is -5.44. The number of hydrogen-bond donors (Lipinski definition) is 5. The van der Waals surface area contributed by atoms with E-state index in [4.69, 9.17) is 42.6 Å². The molecule has 2 amide bonds. The molecule has 0 bridgehead atoms. The molecular formula is C48H55N3O19S. The lowest BCUT2D eigenvalue weighted by Gasteiger charge is -2.43. The van der Waals surface area contributed by atoms with Crippen molar-refractivity contribution < 1.29 is 92.1 Å². The lowest BCUT2D eigenvalue weighted by atomic mass is 9.72. The number of thioether (sulfide) groups is 1. The number of fused-ring (bicyclic) bond motifs is 6. The highest BCUT2D eigenvalue weighted by molar-refractivity contribution is 8.00. The Balaban J connectivity index is 0.876. The number of ketones is 3. The van der Waals surface area contributed by atoms with Crippen molar-refractivity contribution in [1.29, 1.82) is 0 Å². The standard InChI is InChI=1S/C48H55N3O19S/c1-24-44-27(49-11-14-67-47(63-3)46(49)70-44)19-35(68-24)69-29-22-48(61,21-26-37(29)43(59)39-38(41(26)57)40(56)25-5-4-6-28(62-2)36(25)42(39)58)31(52)23-71-30-20-34(55)51(45(30)60)10-13-65-16-18-66-17-15-64-12-9-50-32(53)7-8-33(50)54/h4-8,20,24,27,29,35,44,46-47,55,57,59-61H,9-19,21-23H2,1-3H3/t24-,27-,29-,35-,44+,46+,47-,48-/m0/s1. The van der Waals surface area contributed by atoms with Gasteiger partial charge in [0.2, 0.25) is 11.7 Å². The van der Waals surface area contributed by atoms with Gasteiger partial charge < -0.3 is 68.2 Å². The molecule has 5 N–H and O–H groups in total. The zero-order chi connectivity index (χ0) is 50.3. The van der Waals surface area contributed by atoms with Crippen molar-refractivity contribution in [1.82, 2.24) is 14.4 Å². The molecule has 0 saturated carbocycles. The van der Waals surface area contributed by atoms with Gasteiger partial charge in [-0.2, -0.15) is 0 Å². The molecule has 5 heterocycles. The molecule has 0 radical (unpaired) electrons. The molecule has 6 aliphatic rings. The van der Waals surface area contributed by atoms with Crippen LogP contribution >= 0.6 is 11.8 Å². The molecule has 71 heavy (non-hydrogen) atoms. The highest BCUT2D eigenvalue weighted by atomic mass is 32.2. The van der Waals surface area contributed by atoms with Crippen molar-refractivity contribution in [2.24, 2.45) is 0 Å². The fraction of sp³-hybridized carbons (Fsp3) is 0.521. The van der Waals surface area contributed by atoms with Gasteiger partial charge in [-0.15, -0.1) is 11.8 Å². The number of aromatic nitrogens is 1. The van der Waals surface area contributed by atoms with E-state index in [1.165, 1.54) is 55.2 Å². The number of aliphatic hydroxyl groups is 1. The third-order valence-corrected chi connectivity index (χ3v) is 14.7. The Morgan fingerprint density at radius 2 is 1.56 bits per heavy atom. The molecule has 4 aliphatic heterocycles. The molecule has 3 saturated heterocycles. The van der Waals surface area contributed by atoms with Crippen molar-refractivity contribution in [2.75, 3.05) is 79.3 Å². The average molecular weight is 1010 g/mol.